The Kier molecular flexibility index (Phi) is 6.00. The third-order valence-corrected chi connectivity index (χ3v) is 6.04. The molecule has 0 aliphatic carbocycles. The van der Waals surface area contributed by atoms with E-state index in [0.717, 1.165) is 0 Å². The van der Waals surface area contributed by atoms with E-state index in [1.54, 1.807) is 63.6 Å². The standard InChI is InChI=1S/C23H22N2O6S/c1-5-30-22(27)19-13(2)24-23-25(21(26)18(32-23)12-15-7-6-10-31-15)20(19)14-8-9-16(28-3)17(11-14)29-4/h6-12,20H,5H2,1-4H3/b18-12-. The van der Waals surface area contributed by atoms with E-state index in [-0.39, 0.29) is 12.2 Å². The van der Waals surface area contributed by atoms with E-state index in [0.29, 0.717) is 43.4 Å². The zero-order valence-corrected chi connectivity index (χ0v) is 18.9. The lowest BCUT2D eigenvalue weighted by atomic mass is 9.95. The van der Waals surface area contributed by atoms with Gasteiger partial charge in [0.2, 0.25) is 0 Å². The molecule has 1 aliphatic heterocycles. The summed E-state index contributed by atoms with van der Waals surface area (Å²) in [4.78, 5) is 31.4. The number of hydrogen-bond acceptors (Lipinski definition) is 8. The van der Waals surface area contributed by atoms with Gasteiger partial charge in [0, 0.05) is 6.08 Å². The maximum atomic E-state index is 13.4. The number of thiazole rings is 1. The largest absolute Gasteiger partial charge is 0.493 e. The highest BCUT2D eigenvalue weighted by molar-refractivity contribution is 7.07. The van der Waals surface area contributed by atoms with Gasteiger partial charge in [-0.3, -0.25) is 9.36 Å². The third kappa shape index (κ3) is 3.75. The van der Waals surface area contributed by atoms with Crippen molar-refractivity contribution >= 4 is 23.4 Å². The molecule has 3 heterocycles. The second-order valence-corrected chi connectivity index (χ2v) is 7.94. The van der Waals surface area contributed by atoms with Crippen molar-refractivity contribution in [3.63, 3.8) is 0 Å². The minimum absolute atomic E-state index is 0.206. The number of ether oxygens (including phenoxy) is 3. The van der Waals surface area contributed by atoms with Gasteiger partial charge in [0.15, 0.2) is 16.3 Å². The lowest BCUT2D eigenvalue weighted by Gasteiger charge is -2.25. The molecule has 0 bridgehead atoms. The van der Waals surface area contributed by atoms with Crippen LogP contribution in [-0.4, -0.2) is 31.4 Å². The molecular weight excluding hydrogens is 432 g/mol. The van der Waals surface area contributed by atoms with Crippen molar-refractivity contribution in [3.8, 4) is 11.5 Å². The van der Waals surface area contributed by atoms with E-state index in [4.69, 9.17) is 18.6 Å². The molecule has 4 rings (SSSR count). The first-order chi connectivity index (χ1) is 15.5. The van der Waals surface area contributed by atoms with Crippen LogP contribution in [0.5, 0.6) is 11.5 Å². The summed E-state index contributed by atoms with van der Waals surface area (Å²) >= 11 is 1.23. The van der Waals surface area contributed by atoms with E-state index in [1.165, 1.54) is 23.0 Å². The highest BCUT2D eigenvalue weighted by atomic mass is 32.1. The molecule has 1 unspecified atom stereocenters. The van der Waals surface area contributed by atoms with Gasteiger partial charge in [-0.05, 0) is 43.7 Å². The second kappa shape index (κ2) is 8.88. The number of rotatable bonds is 6. The van der Waals surface area contributed by atoms with Gasteiger partial charge in [-0.1, -0.05) is 17.4 Å². The number of methoxy groups -OCH3 is 2. The van der Waals surface area contributed by atoms with Crippen molar-refractivity contribution < 1.29 is 23.4 Å². The Labute approximate surface area is 187 Å². The lowest BCUT2D eigenvalue weighted by molar-refractivity contribution is -0.139. The molecule has 0 amide bonds. The fourth-order valence-electron chi connectivity index (χ4n) is 3.63. The minimum Gasteiger partial charge on any atom is -0.493 e. The van der Waals surface area contributed by atoms with Crippen LogP contribution >= 0.6 is 11.3 Å². The normalized spacial score (nSPS) is 15.9. The Bertz CT molecular complexity index is 1360. The quantitative estimate of drug-likeness (QED) is 0.531. The van der Waals surface area contributed by atoms with Gasteiger partial charge < -0.3 is 18.6 Å². The SMILES string of the molecule is CCOC(=O)C1=C(C)N=c2s/c(=C\c3ccco3)c(=O)n2C1c1ccc(OC)c(OC)c1. The number of nitrogens with zero attached hydrogens (tertiary/aromatic N) is 2. The Hall–Kier alpha value is -3.59. The average Bonchev–Trinajstić information content (AvgIpc) is 3.40. The van der Waals surface area contributed by atoms with Crippen molar-refractivity contribution in [1.82, 2.24) is 4.57 Å². The molecule has 8 nitrogen and oxygen atoms in total. The number of esters is 1. The van der Waals surface area contributed by atoms with Gasteiger partial charge in [0.1, 0.15) is 5.76 Å². The summed E-state index contributed by atoms with van der Waals surface area (Å²) in [6.45, 7) is 3.68. The summed E-state index contributed by atoms with van der Waals surface area (Å²) in [6.07, 6.45) is 3.21. The van der Waals surface area contributed by atoms with E-state index in [1.807, 2.05) is 0 Å². The summed E-state index contributed by atoms with van der Waals surface area (Å²) < 4.78 is 23.4. The van der Waals surface area contributed by atoms with Crippen LogP contribution < -0.4 is 24.4 Å². The van der Waals surface area contributed by atoms with Gasteiger partial charge in [0.25, 0.3) is 5.56 Å². The molecule has 0 saturated heterocycles. The third-order valence-electron chi connectivity index (χ3n) is 5.06. The molecule has 1 aromatic carbocycles. The molecule has 0 fully saturated rings. The second-order valence-electron chi connectivity index (χ2n) is 6.93. The molecule has 3 aromatic rings. The summed E-state index contributed by atoms with van der Waals surface area (Å²) in [6, 6.07) is 8.07. The smallest absolute Gasteiger partial charge is 0.338 e. The molecule has 2 aromatic heterocycles. The Morgan fingerprint density at radius 3 is 2.69 bits per heavy atom. The first-order valence-electron chi connectivity index (χ1n) is 9.93. The zero-order valence-electron chi connectivity index (χ0n) is 18.1. The predicted octanol–water partition coefficient (Wildman–Crippen LogP) is 2.41. The highest BCUT2D eigenvalue weighted by Gasteiger charge is 2.33. The summed E-state index contributed by atoms with van der Waals surface area (Å²) in [5.41, 5.74) is 1.19. The van der Waals surface area contributed by atoms with Gasteiger partial charge in [-0.15, -0.1) is 0 Å². The van der Waals surface area contributed by atoms with Gasteiger partial charge >= 0.3 is 5.97 Å². The summed E-state index contributed by atoms with van der Waals surface area (Å²) in [7, 11) is 3.08. The Morgan fingerprint density at radius 2 is 2.03 bits per heavy atom. The molecular formula is C23H22N2O6S. The number of allylic oxidation sites excluding steroid dienone is 1. The van der Waals surface area contributed by atoms with Crippen molar-refractivity contribution in [2.24, 2.45) is 4.99 Å². The van der Waals surface area contributed by atoms with Gasteiger partial charge in [-0.25, -0.2) is 9.79 Å². The fraction of sp³-hybridized carbons (Fsp3) is 0.261. The van der Waals surface area contributed by atoms with Crippen LogP contribution in [0.25, 0.3) is 6.08 Å². The molecule has 166 valence electrons. The molecule has 0 radical (unpaired) electrons. The minimum atomic E-state index is -0.733. The molecule has 0 N–H and O–H groups in total. The number of hydrogen-bond donors (Lipinski definition) is 0. The Balaban J connectivity index is 1.98. The van der Waals surface area contributed by atoms with Crippen molar-refractivity contribution in [3.05, 3.63) is 78.9 Å². The van der Waals surface area contributed by atoms with E-state index < -0.39 is 12.0 Å². The topological polar surface area (TPSA) is 92.3 Å². The zero-order chi connectivity index (χ0) is 22.8. The first kappa shape index (κ1) is 21.6. The van der Waals surface area contributed by atoms with Crippen LogP contribution in [0.1, 0.15) is 31.2 Å². The number of benzene rings is 1. The molecule has 1 aliphatic rings. The van der Waals surface area contributed by atoms with Gasteiger partial charge in [0.05, 0.1) is 48.9 Å². The highest BCUT2D eigenvalue weighted by Crippen LogP contribution is 2.36. The number of aromatic nitrogens is 1. The maximum Gasteiger partial charge on any atom is 0.338 e. The fourth-order valence-corrected chi connectivity index (χ4v) is 4.66. The van der Waals surface area contributed by atoms with Crippen molar-refractivity contribution in [2.45, 2.75) is 19.9 Å². The van der Waals surface area contributed by atoms with E-state index in [2.05, 4.69) is 4.99 Å². The summed E-state index contributed by atoms with van der Waals surface area (Å²) in [5, 5.41) is 0. The predicted molar refractivity (Wildman–Crippen MR) is 119 cm³/mol. The monoisotopic (exact) mass is 454 g/mol. The first-order valence-corrected chi connectivity index (χ1v) is 10.7. The number of fused-ring (bicyclic) bond motifs is 1. The van der Waals surface area contributed by atoms with Crippen LogP contribution in [0, 0.1) is 0 Å². The van der Waals surface area contributed by atoms with E-state index >= 15 is 0 Å². The van der Waals surface area contributed by atoms with Crippen LogP contribution in [0.3, 0.4) is 0 Å². The van der Waals surface area contributed by atoms with Crippen LogP contribution in [0.2, 0.25) is 0 Å². The van der Waals surface area contributed by atoms with Crippen molar-refractivity contribution in [1.29, 1.82) is 0 Å². The average molecular weight is 455 g/mol. The molecule has 1 atom stereocenters. The van der Waals surface area contributed by atoms with Crippen LogP contribution in [0.15, 0.2) is 62.1 Å². The van der Waals surface area contributed by atoms with Crippen LogP contribution in [0.4, 0.5) is 0 Å². The molecule has 0 saturated carbocycles. The molecule has 32 heavy (non-hydrogen) atoms. The van der Waals surface area contributed by atoms with E-state index in [9.17, 15) is 9.59 Å². The molecule has 9 heteroatoms. The van der Waals surface area contributed by atoms with Gasteiger partial charge in [-0.2, -0.15) is 0 Å². The van der Waals surface area contributed by atoms with Crippen molar-refractivity contribution in [2.75, 3.05) is 20.8 Å². The Morgan fingerprint density at radius 1 is 1.25 bits per heavy atom. The molecule has 0 spiro atoms. The maximum absolute atomic E-state index is 13.4. The summed E-state index contributed by atoms with van der Waals surface area (Å²) in [5.74, 6) is 1.06. The number of carbonyl (C=O) groups is 1. The number of furan rings is 1. The van der Waals surface area contributed by atoms with Crippen LogP contribution in [-0.2, 0) is 9.53 Å². The lowest BCUT2D eigenvalue weighted by Crippen LogP contribution is -2.39. The number of carbonyl (C=O) groups excluding carboxylic acids is 1.